The lowest BCUT2D eigenvalue weighted by atomic mass is 9.85. The van der Waals surface area contributed by atoms with Crippen LogP contribution in [0.3, 0.4) is 0 Å². The molecular formula is C18H28N4O4. The van der Waals surface area contributed by atoms with Gasteiger partial charge in [0.25, 0.3) is 0 Å². The molecular weight excluding hydrogens is 336 g/mol. The number of rotatable bonds is 8. The molecule has 144 valence electrons. The lowest BCUT2D eigenvalue weighted by molar-refractivity contribution is -0.139. The van der Waals surface area contributed by atoms with E-state index < -0.39 is 5.97 Å². The summed E-state index contributed by atoms with van der Waals surface area (Å²) in [5, 5.41) is 14.7. The summed E-state index contributed by atoms with van der Waals surface area (Å²) in [6, 6.07) is 1.74. The average molecular weight is 364 g/mol. The number of hydrogen-bond donors (Lipinski definition) is 3. The number of urea groups is 1. The number of anilines is 1. The van der Waals surface area contributed by atoms with Gasteiger partial charge in [-0.1, -0.05) is 6.92 Å². The Morgan fingerprint density at radius 1 is 1.42 bits per heavy atom. The lowest BCUT2D eigenvalue weighted by Crippen LogP contribution is -2.55. The number of carboxylic acid groups (broad SMARTS) is 1. The number of ether oxygens (including phenoxy) is 1. The normalized spacial score (nSPS) is 19.2. The fraction of sp³-hybridized carbons (Fsp3) is 0.611. The number of amides is 2. The molecule has 0 bridgehead atoms. The number of hydrogen-bond acceptors (Lipinski definition) is 5. The van der Waals surface area contributed by atoms with Gasteiger partial charge in [-0.3, -0.25) is 9.69 Å². The van der Waals surface area contributed by atoms with Crippen molar-refractivity contribution in [1.29, 1.82) is 0 Å². The third-order valence-electron chi connectivity index (χ3n) is 4.29. The van der Waals surface area contributed by atoms with E-state index in [1.54, 1.807) is 6.20 Å². The van der Waals surface area contributed by atoms with Crippen LogP contribution in [0.1, 0.15) is 39.2 Å². The molecule has 1 heterocycles. The van der Waals surface area contributed by atoms with E-state index in [1.807, 2.05) is 38.7 Å². The van der Waals surface area contributed by atoms with Gasteiger partial charge in [0.15, 0.2) is 0 Å². The van der Waals surface area contributed by atoms with E-state index in [2.05, 4.69) is 15.6 Å². The third-order valence-corrected chi connectivity index (χ3v) is 4.29. The molecule has 3 N–H and O–H groups in total. The molecule has 1 aromatic rings. The smallest absolute Gasteiger partial charge is 0.319 e. The van der Waals surface area contributed by atoms with Crippen molar-refractivity contribution in [3.63, 3.8) is 0 Å². The van der Waals surface area contributed by atoms with Crippen LogP contribution in [0.4, 0.5) is 10.5 Å². The number of aryl methyl sites for hydroxylation is 1. The summed E-state index contributed by atoms with van der Waals surface area (Å²) < 4.78 is 5.63. The number of likely N-dealkylation sites (N-methyl/N-ethyl adjacent to an activating group) is 1. The molecule has 1 saturated carbocycles. The predicted molar refractivity (Wildman–Crippen MR) is 98.6 cm³/mol. The molecule has 0 aliphatic heterocycles. The van der Waals surface area contributed by atoms with Crippen LogP contribution in [0.15, 0.2) is 12.3 Å². The summed E-state index contributed by atoms with van der Waals surface area (Å²) in [6.07, 6.45) is 3.14. The Labute approximate surface area is 153 Å². The average Bonchev–Trinajstić information content (AvgIpc) is 2.50. The maximum Gasteiger partial charge on any atom is 0.319 e. The van der Waals surface area contributed by atoms with Crippen LogP contribution < -0.4 is 15.4 Å². The Balaban J connectivity index is 1.87. The van der Waals surface area contributed by atoms with Crippen molar-refractivity contribution in [1.82, 2.24) is 15.2 Å². The van der Waals surface area contributed by atoms with Crippen molar-refractivity contribution in [3.05, 3.63) is 17.8 Å². The third kappa shape index (κ3) is 5.59. The Kier molecular flexibility index (Phi) is 6.79. The molecule has 0 spiro atoms. The maximum atomic E-state index is 12.3. The maximum absolute atomic E-state index is 12.3. The number of aliphatic carboxylic acids is 1. The van der Waals surface area contributed by atoms with Gasteiger partial charge in [0.1, 0.15) is 5.69 Å². The number of nitrogens with one attached hydrogen (secondary N) is 2. The van der Waals surface area contributed by atoms with Crippen LogP contribution in [0.25, 0.3) is 0 Å². The topological polar surface area (TPSA) is 104 Å². The number of pyridine rings is 1. The van der Waals surface area contributed by atoms with Crippen molar-refractivity contribution in [2.75, 3.05) is 18.4 Å². The molecule has 1 aliphatic rings. The molecule has 8 nitrogen and oxygen atoms in total. The number of carbonyl (C=O) groups excluding carboxylic acids is 1. The van der Waals surface area contributed by atoms with E-state index in [-0.39, 0.29) is 30.8 Å². The summed E-state index contributed by atoms with van der Waals surface area (Å²) >= 11 is 0. The molecule has 1 aromatic heterocycles. The van der Waals surface area contributed by atoms with E-state index in [4.69, 9.17) is 9.84 Å². The number of carbonyl (C=O) groups is 2. The molecule has 0 saturated heterocycles. The van der Waals surface area contributed by atoms with Gasteiger partial charge >= 0.3 is 12.0 Å². The minimum atomic E-state index is -0.828. The van der Waals surface area contributed by atoms with Gasteiger partial charge < -0.3 is 20.5 Å². The van der Waals surface area contributed by atoms with Gasteiger partial charge in [-0.15, -0.1) is 0 Å². The molecule has 26 heavy (non-hydrogen) atoms. The highest BCUT2D eigenvalue weighted by molar-refractivity contribution is 5.90. The van der Waals surface area contributed by atoms with Crippen molar-refractivity contribution in [2.45, 2.75) is 58.7 Å². The van der Waals surface area contributed by atoms with E-state index in [9.17, 15) is 9.59 Å². The quantitative estimate of drug-likeness (QED) is 0.653. The minimum Gasteiger partial charge on any atom is -0.480 e. The van der Waals surface area contributed by atoms with E-state index in [0.717, 1.165) is 18.4 Å². The van der Waals surface area contributed by atoms with E-state index >= 15 is 0 Å². The zero-order valence-electron chi connectivity index (χ0n) is 15.8. The summed E-state index contributed by atoms with van der Waals surface area (Å²) in [7, 11) is 0. The van der Waals surface area contributed by atoms with Crippen molar-refractivity contribution >= 4 is 17.7 Å². The van der Waals surface area contributed by atoms with Crippen molar-refractivity contribution in [3.8, 4) is 5.88 Å². The fourth-order valence-electron chi connectivity index (χ4n) is 2.98. The Morgan fingerprint density at radius 3 is 2.69 bits per heavy atom. The molecule has 0 radical (unpaired) electrons. The van der Waals surface area contributed by atoms with Crippen LogP contribution >= 0.6 is 0 Å². The minimum absolute atomic E-state index is 0.0327. The van der Waals surface area contributed by atoms with Gasteiger partial charge in [0.2, 0.25) is 5.88 Å². The van der Waals surface area contributed by atoms with Crippen LogP contribution in [-0.4, -0.2) is 58.3 Å². The van der Waals surface area contributed by atoms with Crippen LogP contribution in [0.2, 0.25) is 0 Å². The zero-order valence-corrected chi connectivity index (χ0v) is 15.8. The molecule has 1 aliphatic carbocycles. The lowest BCUT2D eigenvalue weighted by Gasteiger charge is -2.42. The summed E-state index contributed by atoms with van der Waals surface area (Å²) in [4.78, 5) is 29.3. The second kappa shape index (κ2) is 8.84. The Hall–Kier alpha value is -2.35. The van der Waals surface area contributed by atoms with Gasteiger partial charge in [-0.25, -0.2) is 9.78 Å². The van der Waals surface area contributed by atoms with Crippen molar-refractivity contribution in [2.24, 2.45) is 0 Å². The molecule has 0 atom stereocenters. The van der Waals surface area contributed by atoms with E-state index in [1.165, 1.54) is 0 Å². The molecule has 0 unspecified atom stereocenters. The van der Waals surface area contributed by atoms with Gasteiger partial charge in [0, 0.05) is 18.3 Å². The number of nitrogens with zero attached hydrogens (tertiary/aromatic N) is 2. The highest BCUT2D eigenvalue weighted by atomic mass is 16.5. The molecule has 1 fully saturated rings. The van der Waals surface area contributed by atoms with Crippen LogP contribution in [0.5, 0.6) is 5.88 Å². The Bertz CT molecular complexity index is 644. The first-order valence-corrected chi connectivity index (χ1v) is 8.95. The monoisotopic (exact) mass is 364 g/mol. The predicted octanol–water partition coefficient (Wildman–Crippen LogP) is 2.24. The SMILES string of the molecule is CCN(CC(=O)O)C1CC(NC(=O)Nc2cc(C)cnc2OC(C)C)C1. The highest BCUT2D eigenvalue weighted by Gasteiger charge is 2.34. The van der Waals surface area contributed by atoms with Gasteiger partial charge in [0.05, 0.1) is 12.6 Å². The summed E-state index contributed by atoms with van der Waals surface area (Å²) in [5.74, 6) is -0.434. The standard InChI is InChI=1S/C18H28N4O4/c1-5-22(10-16(23)24)14-7-13(8-14)20-18(25)21-15-6-12(4)9-19-17(15)26-11(2)3/h6,9,11,13-14H,5,7-8,10H2,1-4H3,(H,23,24)(H2,20,21,25). The summed E-state index contributed by atoms with van der Waals surface area (Å²) in [6.45, 7) is 8.35. The second-order valence-electron chi connectivity index (χ2n) is 6.91. The second-order valence-corrected chi connectivity index (χ2v) is 6.91. The van der Waals surface area contributed by atoms with Gasteiger partial charge in [-0.2, -0.15) is 0 Å². The van der Waals surface area contributed by atoms with Crippen LogP contribution in [-0.2, 0) is 4.79 Å². The fourth-order valence-corrected chi connectivity index (χ4v) is 2.98. The molecule has 2 rings (SSSR count). The molecule has 0 aromatic carbocycles. The van der Waals surface area contributed by atoms with E-state index in [0.29, 0.717) is 18.1 Å². The van der Waals surface area contributed by atoms with Crippen LogP contribution in [0, 0.1) is 6.92 Å². The first kappa shape index (κ1) is 20.0. The largest absolute Gasteiger partial charge is 0.480 e. The Morgan fingerprint density at radius 2 is 2.12 bits per heavy atom. The molecule has 2 amide bonds. The summed E-state index contributed by atoms with van der Waals surface area (Å²) in [5.41, 5.74) is 1.46. The number of aromatic nitrogens is 1. The number of carboxylic acids is 1. The zero-order chi connectivity index (χ0) is 19.3. The first-order chi connectivity index (χ1) is 12.3. The molecule has 8 heteroatoms. The first-order valence-electron chi connectivity index (χ1n) is 8.95. The van der Waals surface area contributed by atoms with Gasteiger partial charge in [-0.05, 0) is 51.8 Å². The van der Waals surface area contributed by atoms with Crippen molar-refractivity contribution < 1.29 is 19.4 Å². The highest BCUT2D eigenvalue weighted by Crippen LogP contribution is 2.27.